The molecule has 0 atom stereocenters. The fraction of sp³-hybridized carbons (Fsp3) is 0. The average Bonchev–Trinajstić information content (AvgIpc) is 3.64. The molecule has 1 nitrogen and oxygen atoms in total. The second kappa shape index (κ2) is 10.2. The SMILES string of the molecule is [2H]c1c([2H])c([2H])c2c([2H])c(-c3c4c([2H])c([2H])c([2H])c([2H])c4c(-c4ccccc4-c4cccc5oc6cc7ccccc7cc6c45)c4c([2H])c([2H])c([2H])c([2H])c34)c([2H])c([2H])c2c1[2H]. The maximum absolute atomic E-state index is 9.51. The van der Waals surface area contributed by atoms with Crippen LogP contribution in [-0.4, -0.2) is 0 Å². The van der Waals surface area contributed by atoms with Crippen LogP contribution >= 0.6 is 0 Å². The van der Waals surface area contributed by atoms with Gasteiger partial charge < -0.3 is 4.42 Å². The van der Waals surface area contributed by atoms with E-state index in [9.17, 15) is 8.22 Å². The van der Waals surface area contributed by atoms with Gasteiger partial charge >= 0.3 is 0 Å². The van der Waals surface area contributed by atoms with Crippen molar-refractivity contribution in [1.29, 1.82) is 0 Å². The van der Waals surface area contributed by atoms with Gasteiger partial charge in [-0.15, -0.1) is 0 Å². The van der Waals surface area contributed by atoms with Crippen molar-refractivity contribution < 1.29 is 25.0 Å². The summed E-state index contributed by atoms with van der Waals surface area (Å²) < 4.78 is 142. The molecule has 1 aromatic heterocycles. The minimum absolute atomic E-state index is 0.0236. The molecule has 10 aromatic rings. The number of hydrogen-bond donors (Lipinski definition) is 0. The molecule has 0 aliphatic heterocycles. The molecule has 0 radical (unpaired) electrons. The fourth-order valence-electron chi connectivity index (χ4n) is 6.72. The molecule has 47 heavy (non-hydrogen) atoms. The van der Waals surface area contributed by atoms with Gasteiger partial charge in [0.25, 0.3) is 0 Å². The molecule has 10 rings (SSSR count). The summed E-state index contributed by atoms with van der Waals surface area (Å²) in [4.78, 5) is 0. The van der Waals surface area contributed by atoms with E-state index in [0.29, 0.717) is 27.9 Å². The van der Waals surface area contributed by atoms with Crippen molar-refractivity contribution in [2.75, 3.05) is 0 Å². The number of fused-ring (bicyclic) bond motifs is 7. The predicted molar refractivity (Wildman–Crippen MR) is 200 cm³/mol. The van der Waals surface area contributed by atoms with Crippen molar-refractivity contribution in [2.24, 2.45) is 0 Å². The molecule has 0 saturated heterocycles. The average molecular weight is 612 g/mol. The van der Waals surface area contributed by atoms with E-state index in [1.54, 1.807) is 24.3 Å². The Morgan fingerprint density at radius 1 is 0.404 bits per heavy atom. The highest BCUT2D eigenvalue weighted by Gasteiger charge is 2.21. The van der Waals surface area contributed by atoms with Crippen molar-refractivity contribution in [3.05, 3.63) is 169 Å². The van der Waals surface area contributed by atoms with Crippen LogP contribution in [0.5, 0.6) is 0 Å². The first-order chi connectivity index (χ1) is 29.6. The first kappa shape index (κ1) is 15.4. The zero-order valence-corrected chi connectivity index (χ0v) is 24.4. The number of furan rings is 1. The summed E-state index contributed by atoms with van der Waals surface area (Å²) in [6.07, 6.45) is 0. The Hall–Kier alpha value is -6.18. The molecule has 0 bridgehead atoms. The van der Waals surface area contributed by atoms with Gasteiger partial charge in [-0.05, 0) is 101 Å². The van der Waals surface area contributed by atoms with E-state index in [1.165, 1.54) is 0 Å². The summed E-state index contributed by atoms with van der Waals surface area (Å²) in [5.74, 6) is 0. The number of benzene rings is 9. The van der Waals surface area contributed by atoms with Crippen molar-refractivity contribution in [3.63, 3.8) is 0 Å². The van der Waals surface area contributed by atoms with Gasteiger partial charge in [0, 0.05) is 10.8 Å². The van der Waals surface area contributed by atoms with Crippen molar-refractivity contribution in [1.82, 2.24) is 0 Å². The lowest BCUT2D eigenvalue weighted by Crippen LogP contribution is -1.93. The van der Waals surface area contributed by atoms with Crippen LogP contribution in [0, 0.1) is 0 Å². The molecule has 0 saturated carbocycles. The van der Waals surface area contributed by atoms with Gasteiger partial charge in [-0.1, -0.05) is 145 Å². The highest BCUT2D eigenvalue weighted by Crippen LogP contribution is 2.48. The van der Waals surface area contributed by atoms with E-state index in [4.69, 9.17) is 16.8 Å². The van der Waals surface area contributed by atoms with Gasteiger partial charge in [-0.3, -0.25) is 0 Å². The molecule has 0 aliphatic carbocycles. The van der Waals surface area contributed by atoms with E-state index in [-0.39, 0.29) is 32.7 Å². The van der Waals surface area contributed by atoms with E-state index in [2.05, 4.69) is 0 Å². The second-order valence-electron chi connectivity index (χ2n) is 11.3. The van der Waals surface area contributed by atoms with E-state index >= 15 is 0 Å². The van der Waals surface area contributed by atoms with Crippen LogP contribution in [0.2, 0.25) is 0 Å². The smallest absolute Gasteiger partial charge is 0.136 e. The van der Waals surface area contributed by atoms with E-state index < -0.39 is 107 Å². The third-order valence-corrected chi connectivity index (χ3v) is 8.72. The molecule has 0 aliphatic rings. The van der Waals surface area contributed by atoms with Crippen LogP contribution in [0.25, 0.3) is 98.4 Å². The summed E-state index contributed by atoms with van der Waals surface area (Å²) in [7, 11) is 0. The molecule has 0 N–H and O–H groups in total. The summed E-state index contributed by atoms with van der Waals surface area (Å²) in [5, 5.41) is 1.63. The third kappa shape index (κ3) is 3.97. The second-order valence-corrected chi connectivity index (χ2v) is 11.3. The van der Waals surface area contributed by atoms with Gasteiger partial charge in [0.1, 0.15) is 11.2 Å². The molecular weight excluding hydrogens is 569 g/mol. The molecule has 9 aromatic carbocycles. The molecule has 0 amide bonds. The van der Waals surface area contributed by atoms with E-state index in [1.807, 2.05) is 54.6 Å². The van der Waals surface area contributed by atoms with Gasteiger partial charge in [0.15, 0.2) is 0 Å². The van der Waals surface area contributed by atoms with Gasteiger partial charge in [-0.2, -0.15) is 0 Å². The lowest BCUT2D eigenvalue weighted by molar-refractivity contribution is 0.669. The van der Waals surface area contributed by atoms with Crippen molar-refractivity contribution >= 4 is 65.0 Å². The molecule has 1 heterocycles. The topological polar surface area (TPSA) is 13.1 Å². The normalized spacial score (nSPS) is 16.3. The first-order valence-electron chi connectivity index (χ1n) is 22.5. The van der Waals surface area contributed by atoms with Gasteiger partial charge in [-0.25, -0.2) is 0 Å². The Morgan fingerprint density at radius 2 is 1.00 bits per heavy atom. The summed E-state index contributed by atoms with van der Waals surface area (Å²) in [6, 6.07) is 14.3. The maximum Gasteiger partial charge on any atom is 0.136 e. The van der Waals surface area contributed by atoms with Crippen LogP contribution in [0.1, 0.15) is 20.6 Å². The van der Waals surface area contributed by atoms with Crippen molar-refractivity contribution in [3.8, 4) is 33.4 Å². The Morgan fingerprint density at radius 3 is 1.74 bits per heavy atom. The van der Waals surface area contributed by atoms with Gasteiger partial charge in [0.2, 0.25) is 0 Å². The first-order valence-corrected chi connectivity index (χ1v) is 15.0. The number of hydrogen-bond acceptors (Lipinski definition) is 1. The Bertz CT molecular complexity index is 3620. The maximum atomic E-state index is 9.51. The van der Waals surface area contributed by atoms with Crippen molar-refractivity contribution in [2.45, 2.75) is 0 Å². The summed E-state index contributed by atoms with van der Waals surface area (Å²) in [6.45, 7) is 0. The summed E-state index contributed by atoms with van der Waals surface area (Å²) >= 11 is 0. The molecule has 0 unspecified atom stereocenters. The lowest BCUT2D eigenvalue weighted by atomic mass is 9.83. The Balaban J connectivity index is 1.45. The minimum atomic E-state index is -0.742. The predicted octanol–water partition coefficient (Wildman–Crippen LogP) is 13.2. The molecular formula is C46H28O. The lowest BCUT2D eigenvalue weighted by Gasteiger charge is -2.20. The number of rotatable bonds is 3. The zero-order valence-electron chi connectivity index (χ0n) is 39.4. The molecule has 1 heteroatoms. The molecule has 218 valence electrons. The quantitative estimate of drug-likeness (QED) is 0.181. The van der Waals surface area contributed by atoms with Crippen LogP contribution in [0.15, 0.2) is 174 Å². The third-order valence-electron chi connectivity index (χ3n) is 8.72. The highest BCUT2D eigenvalue weighted by molar-refractivity contribution is 6.24. The fourth-order valence-corrected chi connectivity index (χ4v) is 6.72. The zero-order chi connectivity index (χ0) is 44.0. The Labute approximate surface area is 293 Å². The summed E-state index contributed by atoms with van der Waals surface area (Å²) in [5.41, 5.74) is 1.85. The molecule has 0 fully saturated rings. The van der Waals surface area contributed by atoms with Crippen LogP contribution in [0.4, 0.5) is 0 Å². The minimum Gasteiger partial charge on any atom is -0.456 e. The van der Waals surface area contributed by atoms with Crippen LogP contribution < -0.4 is 0 Å². The highest BCUT2D eigenvalue weighted by atomic mass is 16.3. The van der Waals surface area contributed by atoms with Crippen LogP contribution in [0.3, 0.4) is 0 Å². The standard InChI is InChI=1S/C46H28O/c1-2-13-30-26-33(25-24-29(30)12-1)44-37-18-7-9-20-39(37)45(40-21-10-8-19-38(40)44)35-17-6-5-16-34(35)36-22-11-23-42-46(36)41-27-31-14-3-4-15-32(31)28-43(41)47-42/h1-28H/i1D,2D,7D,8D,9D,10D,12D,13D,18D,19D,20D,21D,24D,25D,26D. The monoisotopic (exact) mass is 611 g/mol. The van der Waals surface area contributed by atoms with Gasteiger partial charge in [0.05, 0.1) is 20.6 Å². The van der Waals surface area contributed by atoms with E-state index in [0.717, 1.165) is 21.5 Å². The molecule has 0 spiro atoms. The Kier molecular flexibility index (Phi) is 3.33. The largest absolute Gasteiger partial charge is 0.456 e. The van der Waals surface area contributed by atoms with Crippen LogP contribution in [-0.2, 0) is 0 Å².